The lowest BCUT2D eigenvalue weighted by Gasteiger charge is -2.36. The van der Waals surface area contributed by atoms with E-state index in [1.54, 1.807) is 0 Å². The first-order valence-corrected chi connectivity index (χ1v) is 9.57. The number of pyridine rings is 1. The fourth-order valence-electron chi connectivity index (χ4n) is 2.84. The normalized spacial score (nSPS) is 14.3. The lowest BCUT2D eigenvalue weighted by Crippen LogP contribution is -2.44. The molecule has 1 aliphatic rings. The Bertz CT molecular complexity index is 1170. The van der Waals surface area contributed by atoms with Crippen molar-refractivity contribution in [2.45, 2.75) is 13.1 Å². The molecule has 33 heavy (non-hydrogen) atoms. The van der Waals surface area contributed by atoms with Crippen molar-refractivity contribution >= 4 is 29.0 Å². The maximum Gasteiger partial charge on any atom is 0.431 e. The number of anilines is 1. The van der Waals surface area contributed by atoms with E-state index in [1.807, 2.05) is 0 Å². The Morgan fingerprint density at radius 3 is 2.61 bits per heavy atom. The van der Waals surface area contributed by atoms with Gasteiger partial charge in [0.1, 0.15) is 29.7 Å². The van der Waals surface area contributed by atoms with E-state index in [-0.39, 0.29) is 34.8 Å². The van der Waals surface area contributed by atoms with Gasteiger partial charge < -0.3 is 14.4 Å². The fraction of sp³-hybridized carbons (Fsp3) is 0.190. The monoisotopic (exact) mass is 485 g/mol. The molecule has 7 nitrogen and oxygen atoms in total. The van der Waals surface area contributed by atoms with Gasteiger partial charge in [-0.3, -0.25) is 14.5 Å². The molecule has 0 saturated carbocycles. The van der Waals surface area contributed by atoms with Crippen LogP contribution in [0.1, 0.15) is 6.92 Å². The lowest BCUT2D eigenvalue weighted by molar-refractivity contribution is -0.121. The third-order valence-electron chi connectivity index (χ3n) is 4.39. The van der Waals surface area contributed by atoms with Crippen LogP contribution < -0.4 is 14.4 Å². The van der Waals surface area contributed by atoms with Crippen molar-refractivity contribution in [2.75, 3.05) is 18.6 Å². The number of nitrogens with zero attached hydrogens (tertiary/aromatic N) is 3. The summed E-state index contributed by atoms with van der Waals surface area (Å²) >= 11 is 6.08. The number of alkyl halides is 3. The molecule has 0 atom stereocenters. The highest BCUT2D eigenvalue weighted by Crippen LogP contribution is 2.41. The van der Waals surface area contributed by atoms with E-state index in [4.69, 9.17) is 21.1 Å². The average Bonchev–Trinajstić information content (AvgIpc) is 2.72. The summed E-state index contributed by atoms with van der Waals surface area (Å²) in [6, 6.07) is 4.81. The third kappa shape index (κ3) is 5.08. The van der Waals surface area contributed by atoms with Gasteiger partial charge in [0.2, 0.25) is 0 Å². The summed E-state index contributed by atoms with van der Waals surface area (Å²) in [4.78, 5) is 28.9. The van der Waals surface area contributed by atoms with Crippen LogP contribution in [0.4, 0.5) is 23.2 Å². The van der Waals surface area contributed by atoms with Gasteiger partial charge in [-0.1, -0.05) is 18.2 Å². The van der Waals surface area contributed by atoms with Gasteiger partial charge in [-0.05, 0) is 25.1 Å². The number of rotatable bonds is 6. The highest BCUT2D eigenvalue weighted by molar-refractivity contribution is 6.32. The Kier molecular flexibility index (Phi) is 6.63. The van der Waals surface area contributed by atoms with Gasteiger partial charge in [0, 0.05) is 25.4 Å². The summed E-state index contributed by atoms with van der Waals surface area (Å²) in [5.41, 5.74) is -1.69. The third-order valence-corrected chi connectivity index (χ3v) is 4.68. The number of aromatic nitrogens is 1. The van der Waals surface area contributed by atoms with E-state index in [0.29, 0.717) is 15.9 Å². The molecule has 1 aliphatic heterocycles. The maximum atomic E-state index is 14.7. The smallest absolute Gasteiger partial charge is 0.431 e. The van der Waals surface area contributed by atoms with E-state index >= 15 is 0 Å². The van der Waals surface area contributed by atoms with Gasteiger partial charge in [-0.2, -0.15) is 13.2 Å². The number of hydrogen-bond acceptors (Lipinski definition) is 6. The molecule has 0 N–H and O–H groups in total. The van der Waals surface area contributed by atoms with Crippen molar-refractivity contribution in [3.63, 3.8) is 0 Å². The van der Waals surface area contributed by atoms with Crippen LogP contribution in [-0.2, 0) is 9.59 Å². The Morgan fingerprint density at radius 2 is 1.97 bits per heavy atom. The minimum absolute atomic E-state index is 0.0263. The number of carbonyl (C=O) groups excluding carboxylic acids is 2. The molecule has 1 aromatic carbocycles. The predicted octanol–water partition coefficient (Wildman–Crippen LogP) is 4.83. The van der Waals surface area contributed by atoms with Gasteiger partial charge in [-0.15, -0.1) is 0 Å². The van der Waals surface area contributed by atoms with Gasteiger partial charge in [0.15, 0.2) is 11.5 Å². The molecular weight excluding hydrogens is 470 g/mol. The van der Waals surface area contributed by atoms with E-state index in [0.717, 1.165) is 19.2 Å². The number of halogens is 5. The van der Waals surface area contributed by atoms with Gasteiger partial charge in [0.25, 0.3) is 11.8 Å². The zero-order valence-corrected chi connectivity index (χ0v) is 18.0. The van der Waals surface area contributed by atoms with Gasteiger partial charge >= 0.3 is 6.18 Å². The zero-order chi connectivity index (χ0) is 24.5. The number of Topliss-reactive ketones (excluding diaryl/α,β-unsaturated/α-hetero) is 1. The Hall–Kier alpha value is -3.60. The van der Waals surface area contributed by atoms with E-state index in [1.165, 1.54) is 25.3 Å². The van der Waals surface area contributed by atoms with Gasteiger partial charge in [-0.25, -0.2) is 9.37 Å². The molecule has 1 amide bonds. The van der Waals surface area contributed by atoms with Crippen LogP contribution in [0.5, 0.6) is 17.4 Å². The summed E-state index contributed by atoms with van der Waals surface area (Å²) < 4.78 is 65.2. The number of hydrogen-bond donors (Lipinski definition) is 0. The van der Waals surface area contributed by atoms with Crippen LogP contribution in [0.2, 0.25) is 5.02 Å². The summed E-state index contributed by atoms with van der Waals surface area (Å²) in [7, 11) is 1.04. The second kappa shape index (κ2) is 9.10. The molecule has 1 aromatic heterocycles. The van der Waals surface area contributed by atoms with Crippen molar-refractivity contribution < 1.29 is 36.6 Å². The van der Waals surface area contributed by atoms with E-state index < -0.39 is 35.1 Å². The summed E-state index contributed by atoms with van der Waals surface area (Å²) in [5.74, 6) is -3.05. The molecule has 3 rings (SSSR count). The first kappa shape index (κ1) is 24.1. The second-order valence-electron chi connectivity index (χ2n) is 6.81. The molecule has 2 aromatic rings. The highest BCUT2D eigenvalue weighted by Gasteiger charge is 2.43. The predicted molar refractivity (Wildman–Crippen MR) is 110 cm³/mol. The molecule has 12 heteroatoms. The van der Waals surface area contributed by atoms with Crippen molar-refractivity contribution in [3.05, 3.63) is 65.5 Å². The van der Waals surface area contributed by atoms with Crippen LogP contribution in [-0.4, -0.2) is 41.4 Å². The van der Waals surface area contributed by atoms with E-state index in [9.17, 15) is 27.2 Å². The molecule has 0 saturated heterocycles. The second-order valence-corrected chi connectivity index (χ2v) is 7.22. The van der Waals surface area contributed by atoms with E-state index in [2.05, 4.69) is 11.6 Å². The Labute approximate surface area is 190 Å². The number of ketones is 1. The largest absolute Gasteiger partial charge is 0.467 e. The Morgan fingerprint density at radius 1 is 1.27 bits per heavy atom. The quantitative estimate of drug-likeness (QED) is 0.546. The van der Waals surface area contributed by atoms with Crippen LogP contribution in [0.25, 0.3) is 0 Å². The maximum absolute atomic E-state index is 14.7. The number of ether oxygens (including phenoxy) is 2. The SMILES string of the molecule is C=C1N(C)C(C(F)(F)F)=CC(=O)N1c1cc(Oc2cccnc2OCC(C)=O)c(Cl)cc1F. The van der Waals surface area contributed by atoms with Crippen molar-refractivity contribution in [1.82, 2.24) is 9.88 Å². The number of benzene rings is 1. The standard InChI is InChI=1S/C21H16ClF4N3O4/c1-11(30)10-32-20-16(5-4-6-27-20)33-17-8-15(14(23)7-13(17)22)29-12(2)28(3)18(9-19(29)31)21(24,25)26/h4-9H,2,10H2,1,3H3. The summed E-state index contributed by atoms with van der Waals surface area (Å²) in [6.07, 6.45) is -3.10. The average molecular weight is 486 g/mol. The van der Waals surface area contributed by atoms with Crippen molar-refractivity contribution in [1.29, 1.82) is 0 Å². The molecule has 174 valence electrons. The lowest BCUT2D eigenvalue weighted by atomic mass is 10.2. The first-order valence-electron chi connectivity index (χ1n) is 9.20. The number of allylic oxidation sites excluding steroid dienone is 1. The van der Waals surface area contributed by atoms with Crippen LogP contribution >= 0.6 is 11.6 Å². The molecule has 0 unspecified atom stereocenters. The molecule has 0 radical (unpaired) electrons. The number of carbonyl (C=O) groups is 2. The van der Waals surface area contributed by atoms with Crippen LogP contribution in [0, 0.1) is 5.82 Å². The first-order chi connectivity index (χ1) is 15.4. The van der Waals surface area contributed by atoms with Crippen molar-refractivity contribution in [2.24, 2.45) is 0 Å². The summed E-state index contributed by atoms with van der Waals surface area (Å²) in [5, 5.41) is -0.201. The van der Waals surface area contributed by atoms with Crippen molar-refractivity contribution in [3.8, 4) is 17.4 Å². The molecule has 0 fully saturated rings. The van der Waals surface area contributed by atoms with Crippen LogP contribution in [0.3, 0.4) is 0 Å². The molecular formula is C21H16ClF4N3O4. The molecule has 0 aliphatic carbocycles. The molecule has 0 spiro atoms. The topological polar surface area (TPSA) is 72.0 Å². The Balaban J connectivity index is 2.00. The fourth-order valence-corrected chi connectivity index (χ4v) is 3.03. The highest BCUT2D eigenvalue weighted by atomic mass is 35.5. The minimum Gasteiger partial charge on any atom is -0.467 e. The van der Waals surface area contributed by atoms with Crippen LogP contribution in [0.15, 0.2) is 54.6 Å². The minimum atomic E-state index is -4.82. The van der Waals surface area contributed by atoms with Gasteiger partial charge in [0.05, 0.1) is 10.7 Å². The summed E-state index contributed by atoms with van der Waals surface area (Å²) in [6.45, 7) is 4.52. The zero-order valence-electron chi connectivity index (χ0n) is 17.2. The molecule has 0 bridgehead atoms. The number of amides is 1. The molecule has 2 heterocycles.